The minimum atomic E-state index is -0.145. The van der Waals surface area contributed by atoms with Crippen molar-refractivity contribution in [2.75, 3.05) is 5.32 Å². The number of hydrogen-bond acceptors (Lipinski definition) is 2. The molecule has 0 aliphatic rings. The van der Waals surface area contributed by atoms with Crippen molar-refractivity contribution in [3.63, 3.8) is 0 Å². The van der Waals surface area contributed by atoms with Crippen LogP contribution in [0.3, 0.4) is 0 Å². The fourth-order valence-electron chi connectivity index (χ4n) is 2.06. The Morgan fingerprint density at radius 3 is 2.75 bits per heavy atom. The van der Waals surface area contributed by atoms with Gasteiger partial charge in [0.05, 0.1) is 11.3 Å². The second kappa shape index (κ2) is 5.43. The summed E-state index contributed by atoms with van der Waals surface area (Å²) in [6, 6.07) is 15.0. The molecule has 0 radical (unpaired) electrons. The number of anilines is 1. The van der Waals surface area contributed by atoms with Crippen molar-refractivity contribution in [3.05, 3.63) is 71.0 Å². The van der Waals surface area contributed by atoms with E-state index in [-0.39, 0.29) is 5.91 Å². The largest absolute Gasteiger partial charge is 0.321 e. The number of halogens is 1. The third kappa shape index (κ3) is 2.42. The van der Waals surface area contributed by atoms with Crippen LogP contribution in [0, 0.1) is 0 Å². The Labute approximate surface area is 124 Å². The summed E-state index contributed by atoms with van der Waals surface area (Å²) in [4.78, 5) is 16.4. The molecule has 0 atom stereocenters. The molecule has 98 valence electrons. The van der Waals surface area contributed by atoms with Crippen molar-refractivity contribution in [1.29, 1.82) is 0 Å². The lowest BCUT2D eigenvalue weighted by atomic mass is 10.1. The van der Waals surface area contributed by atoms with Crippen molar-refractivity contribution >= 4 is 38.3 Å². The molecule has 0 aliphatic heterocycles. The molecule has 3 rings (SSSR count). The Morgan fingerprint density at radius 2 is 1.90 bits per heavy atom. The molecule has 1 aromatic heterocycles. The molecule has 0 aliphatic carbocycles. The van der Waals surface area contributed by atoms with E-state index >= 15 is 0 Å². The first-order valence-electron chi connectivity index (χ1n) is 6.14. The normalized spacial score (nSPS) is 10.4. The monoisotopic (exact) mass is 326 g/mol. The van der Waals surface area contributed by atoms with Crippen LogP contribution in [-0.2, 0) is 0 Å². The summed E-state index contributed by atoms with van der Waals surface area (Å²) in [5, 5.41) is 4.91. The summed E-state index contributed by atoms with van der Waals surface area (Å²) in [6.45, 7) is 0. The van der Waals surface area contributed by atoms with Gasteiger partial charge in [-0.2, -0.15) is 0 Å². The maximum atomic E-state index is 12.3. The number of aromatic nitrogens is 1. The SMILES string of the molecule is O=C(Nc1cccc2ccncc12)c1ccccc1Br. The first-order valence-corrected chi connectivity index (χ1v) is 6.93. The van der Waals surface area contributed by atoms with E-state index in [1.807, 2.05) is 42.5 Å². The fourth-order valence-corrected chi connectivity index (χ4v) is 2.52. The van der Waals surface area contributed by atoms with Gasteiger partial charge in [-0.3, -0.25) is 9.78 Å². The number of nitrogens with zero attached hydrogens (tertiary/aromatic N) is 1. The number of rotatable bonds is 2. The number of carbonyl (C=O) groups excluding carboxylic acids is 1. The van der Waals surface area contributed by atoms with Gasteiger partial charge in [0.15, 0.2) is 0 Å². The van der Waals surface area contributed by atoms with Crippen molar-refractivity contribution in [2.45, 2.75) is 0 Å². The van der Waals surface area contributed by atoms with Gasteiger partial charge in [-0.15, -0.1) is 0 Å². The number of hydrogen-bond donors (Lipinski definition) is 1. The average Bonchev–Trinajstić information content (AvgIpc) is 2.48. The summed E-state index contributed by atoms with van der Waals surface area (Å²) in [7, 11) is 0. The Hall–Kier alpha value is -2.20. The van der Waals surface area contributed by atoms with Crippen molar-refractivity contribution in [3.8, 4) is 0 Å². The zero-order valence-electron chi connectivity index (χ0n) is 10.5. The quantitative estimate of drug-likeness (QED) is 0.764. The molecule has 1 N–H and O–H groups in total. The maximum Gasteiger partial charge on any atom is 0.256 e. The van der Waals surface area contributed by atoms with E-state index in [2.05, 4.69) is 26.2 Å². The first kappa shape index (κ1) is 12.8. The van der Waals surface area contributed by atoms with E-state index in [4.69, 9.17) is 0 Å². The van der Waals surface area contributed by atoms with Gasteiger partial charge in [0, 0.05) is 22.3 Å². The fraction of sp³-hybridized carbons (Fsp3) is 0. The zero-order chi connectivity index (χ0) is 13.9. The van der Waals surface area contributed by atoms with E-state index in [1.54, 1.807) is 18.5 Å². The summed E-state index contributed by atoms with van der Waals surface area (Å²) in [6.07, 6.45) is 3.49. The Bertz CT molecular complexity index is 781. The van der Waals surface area contributed by atoms with E-state index in [9.17, 15) is 4.79 Å². The molecule has 0 spiro atoms. The van der Waals surface area contributed by atoms with E-state index in [0.29, 0.717) is 5.56 Å². The molecule has 4 heteroatoms. The summed E-state index contributed by atoms with van der Waals surface area (Å²) in [5.74, 6) is -0.145. The van der Waals surface area contributed by atoms with Gasteiger partial charge in [0.25, 0.3) is 5.91 Å². The van der Waals surface area contributed by atoms with Gasteiger partial charge < -0.3 is 5.32 Å². The van der Waals surface area contributed by atoms with Crippen LogP contribution in [0.15, 0.2) is 65.4 Å². The standard InChI is InChI=1S/C16H11BrN2O/c17-14-6-2-1-5-12(14)16(20)19-15-7-3-4-11-8-9-18-10-13(11)15/h1-10H,(H,19,20). The van der Waals surface area contributed by atoms with Gasteiger partial charge >= 0.3 is 0 Å². The number of pyridine rings is 1. The van der Waals surface area contributed by atoms with Crippen LogP contribution >= 0.6 is 15.9 Å². The number of benzene rings is 2. The van der Waals surface area contributed by atoms with Crippen LogP contribution in [0.2, 0.25) is 0 Å². The smallest absolute Gasteiger partial charge is 0.256 e. The number of carbonyl (C=O) groups is 1. The lowest BCUT2D eigenvalue weighted by Gasteiger charge is -2.09. The van der Waals surface area contributed by atoms with Gasteiger partial charge in [-0.1, -0.05) is 24.3 Å². The van der Waals surface area contributed by atoms with Gasteiger partial charge in [0.2, 0.25) is 0 Å². The Balaban J connectivity index is 1.98. The van der Waals surface area contributed by atoms with Crippen LogP contribution < -0.4 is 5.32 Å². The predicted molar refractivity (Wildman–Crippen MR) is 83.8 cm³/mol. The molecule has 0 bridgehead atoms. The number of amides is 1. The highest BCUT2D eigenvalue weighted by molar-refractivity contribution is 9.10. The Kier molecular flexibility index (Phi) is 3.48. The van der Waals surface area contributed by atoms with E-state index in [1.165, 1.54) is 0 Å². The zero-order valence-corrected chi connectivity index (χ0v) is 12.1. The van der Waals surface area contributed by atoms with Crippen molar-refractivity contribution in [2.24, 2.45) is 0 Å². The maximum absolute atomic E-state index is 12.3. The minimum Gasteiger partial charge on any atom is -0.321 e. The summed E-state index contributed by atoms with van der Waals surface area (Å²) >= 11 is 3.39. The summed E-state index contributed by atoms with van der Waals surface area (Å²) in [5.41, 5.74) is 1.37. The number of fused-ring (bicyclic) bond motifs is 1. The Morgan fingerprint density at radius 1 is 1.05 bits per heavy atom. The molecule has 1 heterocycles. The molecule has 0 saturated carbocycles. The predicted octanol–water partition coefficient (Wildman–Crippen LogP) is 4.25. The highest BCUT2D eigenvalue weighted by Crippen LogP contribution is 2.24. The minimum absolute atomic E-state index is 0.145. The topological polar surface area (TPSA) is 42.0 Å². The van der Waals surface area contributed by atoms with Crippen LogP contribution in [0.4, 0.5) is 5.69 Å². The lowest BCUT2D eigenvalue weighted by molar-refractivity contribution is 0.102. The second-order valence-electron chi connectivity index (χ2n) is 4.34. The van der Waals surface area contributed by atoms with Crippen LogP contribution in [-0.4, -0.2) is 10.9 Å². The van der Waals surface area contributed by atoms with Crippen LogP contribution in [0.5, 0.6) is 0 Å². The number of nitrogens with one attached hydrogen (secondary N) is 1. The van der Waals surface area contributed by atoms with E-state index in [0.717, 1.165) is 20.9 Å². The molecule has 20 heavy (non-hydrogen) atoms. The first-order chi connectivity index (χ1) is 9.75. The summed E-state index contributed by atoms with van der Waals surface area (Å²) < 4.78 is 0.774. The molecule has 3 nitrogen and oxygen atoms in total. The molecule has 0 saturated heterocycles. The van der Waals surface area contributed by atoms with Crippen LogP contribution in [0.25, 0.3) is 10.8 Å². The molecule has 1 amide bonds. The molecular weight excluding hydrogens is 316 g/mol. The van der Waals surface area contributed by atoms with Crippen molar-refractivity contribution in [1.82, 2.24) is 4.98 Å². The van der Waals surface area contributed by atoms with Gasteiger partial charge in [-0.05, 0) is 45.6 Å². The van der Waals surface area contributed by atoms with Crippen LogP contribution in [0.1, 0.15) is 10.4 Å². The highest BCUT2D eigenvalue weighted by Gasteiger charge is 2.10. The molecule has 0 fully saturated rings. The average molecular weight is 327 g/mol. The molecule has 0 unspecified atom stereocenters. The third-order valence-electron chi connectivity index (χ3n) is 3.05. The third-order valence-corrected chi connectivity index (χ3v) is 3.74. The molecule has 2 aromatic carbocycles. The van der Waals surface area contributed by atoms with Gasteiger partial charge in [-0.25, -0.2) is 0 Å². The van der Waals surface area contributed by atoms with Gasteiger partial charge in [0.1, 0.15) is 0 Å². The lowest BCUT2D eigenvalue weighted by Crippen LogP contribution is -2.12. The van der Waals surface area contributed by atoms with Crippen molar-refractivity contribution < 1.29 is 4.79 Å². The molecule has 3 aromatic rings. The van der Waals surface area contributed by atoms with E-state index < -0.39 is 0 Å². The molecular formula is C16H11BrN2O. The highest BCUT2D eigenvalue weighted by atomic mass is 79.9. The second-order valence-corrected chi connectivity index (χ2v) is 5.19.